The molecule has 33 heavy (non-hydrogen) atoms. The van der Waals surface area contributed by atoms with E-state index in [1.165, 1.54) is 0 Å². The first kappa shape index (κ1) is 21.9. The van der Waals surface area contributed by atoms with E-state index in [1.807, 2.05) is 47.1 Å². The number of halogens is 1. The number of ether oxygens (including phenoxy) is 2. The van der Waals surface area contributed by atoms with Gasteiger partial charge in [-0.2, -0.15) is 4.98 Å². The maximum absolute atomic E-state index is 13.0. The Balaban J connectivity index is 1.52. The van der Waals surface area contributed by atoms with Crippen LogP contribution in [0.4, 0.5) is 5.95 Å². The third-order valence-corrected chi connectivity index (χ3v) is 7.01. The number of hydrogen-bond donors (Lipinski definition) is 1. The number of aromatic nitrogens is 3. The summed E-state index contributed by atoms with van der Waals surface area (Å²) in [4.78, 5) is 17.7. The number of Topliss-reactive ketones (excluding diaryl/α,β-unsaturated/α-hetero) is 1. The summed E-state index contributed by atoms with van der Waals surface area (Å²) in [6, 6.07) is 13.1. The summed E-state index contributed by atoms with van der Waals surface area (Å²) in [5.74, 6) is 2.74. The van der Waals surface area contributed by atoms with Crippen molar-refractivity contribution in [3.05, 3.63) is 69.9 Å². The molecule has 0 fully saturated rings. The van der Waals surface area contributed by atoms with Crippen LogP contribution in [0.2, 0.25) is 5.02 Å². The van der Waals surface area contributed by atoms with Crippen LogP contribution in [0.25, 0.3) is 0 Å². The Hall–Kier alpha value is -2.97. The summed E-state index contributed by atoms with van der Waals surface area (Å²) in [5.41, 5.74) is 3.71. The van der Waals surface area contributed by atoms with Crippen LogP contribution in [0.15, 0.2) is 58.9 Å². The van der Waals surface area contributed by atoms with Crippen molar-refractivity contribution < 1.29 is 14.3 Å². The normalized spacial score (nSPS) is 17.3. The predicted octanol–water partition coefficient (Wildman–Crippen LogP) is 5.26. The van der Waals surface area contributed by atoms with Crippen molar-refractivity contribution in [2.24, 2.45) is 0 Å². The quantitative estimate of drug-likeness (QED) is 0.480. The molecular formula is C24H23ClN4O3S. The van der Waals surface area contributed by atoms with Crippen LogP contribution < -0.4 is 14.8 Å². The zero-order valence-corrected chi connectivity index (χ0v) is 19.9. The molecule has 0 bridgehead atoms. The molecule has 0 saturated carbocycles. The molecule has 1 aliphatic carbocycles. The molecule has 1 unspecified atom stereocenters. The fraction of sp³-hybridized carbons (Fsp3) is 0.292. The Kier molecular flexibility index (Phi) is 6.03. The first-order chi connectivity index (χ1) is 16.1. The lowest BCUT2D eigenvalue weighted by molar-refractivity contribution is -0.116. The van der Waals surface area contributed by atoms with E-state index in [0.717, 1.165) is 35.2 Å². The van der Waals surface area contributed by atoms with Crippen LogP contribution in [0, 0.1) is 0 Å². The lowest BCUT2D eigenvalue weighted by atomic mass is 9.85. The molecule has 3 aromatic rings. The molecule has 2 aliphatic rings. The molecule has 5 rings (SSSR count). The number of fused-ring (bicyclic) bond motifs is 1. The maximum atomic E-state index is 13.0. The van der Waals surface area contributed by atoms with Gasteiger partial charge in [-0.3, -0.25) is 4.79 Å². The van der Waals surface area contributed by atoms with Crippen LogP contribution in [-0.2, 0) is 10.5 Å². The Bertz CT molecular complexity index is 1240. The van der Waals surface area contributed by atoms with Gasteiger partial charge in [-0.1, -0.05) is 41.6 Å². The van der Waals surface area contributed by atoms with E-state index in [0.29, 0.717) is 39.8 Å². The number of carbonyl (C=O) groups excluding carboxylic acids is 1. The zero-order valence-electron chi connectivity index (χ0n) is 18.3. The second-order valence-electron chi connectivity index (χ2n) is 7.89. The molecule has 0 saturated heterocycles. The Morgan fingerprint density at radius 1 is 1.12 bits per heavy atom. The van der Waals surface area contributed by atoms with Gasteiger partial charge in [-0.15, -0.1) is 5.10 Å². The van der Waals surface area contributed by atoms with Gasteiger partial charge in [0.05, 0.1) is 14.2 Å². The second-order valence-corrected chi connectivity index (χ2v) is 9.27. The Morgan fingerprint density at radius 3 is 2.67 bits per heavy atom. The summed E-state index contributed by atoms with van der Waals surface area (Å²) in [5, 5.41) is 9.51. The fourth-order valence-electron chi connectivity index (χ4n) is 4.26. The average Bonchev–Trinajstić information content (AvgIpc) is 3.24. The highest BCUT2D eigenvalue weighted by Gasteiger charge is 2.37. The number of hydrogen-bond acceptors (Lipinski definition) is 7. The van der Waals surface area contributed by atoms with Gasteiger partial charge in [-0.25, -0.2) is 4.68 Å². The van der Waals surface area contributed by atoms with Gasteiger partial charge in [0, 0.05) is 28.5 Å². The number of allylic oxidation sites excluding steroid dienone is 2. The minimum atomic E-state index is -0.374. The Labute approximate surface area is 201 Å². The molecular weight excluding hydrogens is 460 g/mol. The number of rotatable bonds is 6. The Morgan fingerprint density at radius 2 is 1.91 bits per heavy atom. The molecule has 170 valence electrons. The minimum Gasteiger partial charge on any atom is -0.493 e. The molecule has 2 heterocycles. The van der Waals surface area contributed by atoms with Crippen LogP contribution >= 0.6 is 23.4 Å². The summed E-state index contributed by atoms with van der Waals surface area (Å²) in [6.45, 7) is 0. The maximum Gasteiger partial charge on any atom is 0.227 e. The lowest BCUT2D eigenvalue weighted by Gasteiger charge is -2.32. The molecule has 7 nitrogen and oxygen atoms in total. The van der Waals surface area contributed by atoms with Crippen LogP contribution in [0.1, 0.15) is 36.4 Å². The van der Waals surface area contributed by atoms with Crippen LogP contribution in [-0.4, -0.2) is 34.8 Å². The fourth-order valence-corrected chi connectivity index (χ4v) is 5.17. The standard InChI is InChI=1S/C24H23ClN4O3S/c1-31-19-11-8-15(12-20(19)32-2)22-21-17(4-3-5-18(21)30)26-23-27-24(28-29(22)23)33-13-14-6-9-16(25)10-7-14/h6-12,22H,3-5,13H2,1-2H3,(H,26,27,28). The minimum absolute atomic E-state index is 0.139. The highest BCUT2D eigenvalue weighted by atomic mass is 35.5. The van der Waals surface area contributed by atoms with Gasteiger partial charge >= 0.3 is 0 Å². The van der Waals surface area contributed by atoms with Crippen molar-refractivity contribution in [3.8, 4) is 11.5 Å². The van der Waals surface area contributed by atoms with Crippen LogP contribution in [0.5, 0.6) is 11.5 Å². The van der Waals surface area contributed by atoms with Crippen LogP contribution in [0.3, 0.4) is 0 Å². The molecule has 1 atom stereocenters. The number of anilines is 1. The van der Waals surface area contributed by atoms with Gasteiger partial charge in [-0.05, 0) is 48.2 Å². The van der Waals surface area contributed by atoms with E-state index in [1.54, 1.807) is 26.0 Å². The van der Waals surface area contributed by atoms with Crippen molar-refractivity contribution >= 4 is 35.1 Å². The molecule has 0 spiro atoms. The zero-order chi connectivity index (χ0) is 22.9. The molecule has 0 radical (unpaired) electrons. The third-order valence-electron chi connectivity index (χ3n) is 5.85. The third kappa shape index (κ3) is 4.20. The number of nitrogens with zero attached hydrogens (tertiary/aromatic N) is 3. The summed E-state index contributed by atoms with van der Waals surface area (Å²) < 4.78 is 12.7. The monoisotopic (exact) mass is 482 g/mol. The van der Waals surface area contributed by atoms with Crippen molar-refractivity contribution in [1.82, 2.24) is 14.8 Å². The molecule has 1 aromatic heterocycles. The first-order valence-corrected chi connectivity index (χ1v) is 12.0. The largest absolute Gasteiger partial charge is 0.493 e. The first-order valence-electron chi connectivity index (χ1n) is 10.7. The molecule has 0 amide bonds. The highest BCUT2D eigenvalue weighted by molar-refractivity contribution is 7.98. The van der Waals surface area contributed by atoms with E-state index in [4.69, 9.17) is 31.2 Å². The number of thioether (sulfide) groups is 1. The number of methoxy groups -OCH3 is 2. The van der Waals surface area contributed by atoms with Crippen molar-refractivity contribution in [1.29, 1.82) is 0 Å². The number of ketones is 1. The van der Waals surface area contributed by atoms with Crippen molar-refractivity contribution in [2.75, 3.05) is 19.5 Å². The van der Waals surface area contributed by atoms with Crippen molar-refractivity contribution in [3.63, 3.8) is 0 Å². The molecule has 9 heteroatoms. The lowest BCUT2D eigenvalue weighted by Crippen LogP contribution is -2.31. The highest BCUT2D eigenvalue weighted by Crippen LogP contribution is 2.42. The molecule has 2 aromatic carbocycles. The smallest absolute Gasteiger partial charge is 0.227 e. The number of carbonyl (C=O) groups is 1. The van der Waals surface area contributed by atoms with Gasteiger partial charge in [0.15, 0.2) is 17.3 Å². The molecule has 1 N–H and O–H groups in total. The summed E-state index contributed by atoms with van der Waals surface area (Å²) >= 11 is 7.54. The second kappa shape index (κ2) is 9.11. The van der Waals surface area contributed by atoms with E-state index in [9.17, 15) is 4.79 Å². The summed E-state index contributed by atoms with van der Waals surface area (Å²) in [7, 11) is 3.21. The van der Waals surface area contributed by atoms with E-state index in [-0.39, 0.29) is 11.8 Å². The van der Waals surface area contributed by atoms with E-state index < -0.39 is 0 Å². The van der Waals surface area contributed by atoms with Gasteiger partial charge in [0.2, 0.25) is 11.1 Å². The molecule has 1 aliphatic heterocycles. The van der Waals surface area contributed by atoms with Gasteiger partial charge < -0.3 is 14.8 Å². The topological polar surface area (TPSA) is 78.3 Å². The van der Waals surface area contributed by atoms with E-state index in [2.05, 4.69) is 5.32 Å². The van der Waals surface area contributed by atoms with Crippen molar-refractivity contribution in [2.45, 2.75) is 36.2 Å². The number of benzene rings is 2. The predicted molar refractivity (Wildman–Crippen MR) is 128 cm³/mol. The summed E-state index contributed by atoms with van der Waals surface area (Å²) in [6.07, 6.45) is 2.17. The average molecular weight is 483 g/mol. The van der Waals surface area contributed by atoms with E-state index >= 15 is 0 Å². The number of nitrogens with one attached hydrogen (secondary N) is 1. The van der Waals surface area contributed by atoms with Gasteiger partial charge in [0.1, 0.15) is 6.04 Å². The van der Waals surface area contributed by atoms with Gasteiger partial charge in [0.25, 0.3) is 0 Å². The SMILES string of the molecule is COc1ccc(C2C3=C(CCCC3=O)Nc3nc(SCc4ccc(Cl)cc4)nn32)cc1OC.